The lowest BCUT2D eigenvalue weighted by molar-refractivity contribution is 0.190. The minimum atomic E-state index is 0.722. The topological polar surface area (TPSA) is 0 Å². The molecular weight excluding hydrogens is 132 g/mol. The van der Waals surface area contributed by atoms with Crippen molar-refractivity contribution in [3.63, 3.8) is 0 Å². The Morgan fingerprint density at radius 2 is 1.18 bits per heavy atom. The van der Waals surface area contributed by atoms with Crippen LogP contribution >= 0.6 is 0 Å². The summed E-state index contributed by atoms with van der Waals surface area (Å²) in [5.74, 6) is 0. The molecular formula is C11H26. The maximum absolute atomic E-state index is 2.33. The number of hydrogen-bond acceptors (Lipinski definition) is 0. The van der Waals surface area contributed by atoms with Crippen molar-refractivity contribution in [3.05, 3.63) is 0 Å². The van der Waals surface area contributed by atoms with E-state index in [2.05, 4.69) is 27.7 Å². The van der Waals surface area contributed by atoms with E-state index in [9.17, 15) is 0 Å². The minimum Gasteiger partial charge on any atom is -0.0683 e. The third-order valence-electron chi connectivity index (χ3n) is 1.71. The molecule has 0 bridgehead atoms. The molecule has 0 nitrogen and oxygen atoms in total. The van der Waals surface area contributed by atoms with Crippen LogP contribution in [0.25, 0.3) is 0 Å². The van der Waals surface area contributed by atoms with Crippen LogP contribution in [0.2, 0.25) is 0 Å². The van der Waals surface area contributed by atoms with Crippen LogP contribution in [-0.2, 0) is 0 Å². The van der Waals surface area contributed by atoms with E-state index in [0.717, 1.165) is 5.41 Å². The molecule has 0 heterocycles. The fourth-order valence-corrected chi connectivity index (χ4v) is 0.884. The second-order valence-corrected chi connectivity index (χ2v) is 3.72. The predicted molar refractivity (Wildman–Crippen MR) is 54.9 cm³/mol. The zero-order valence-corrected chi connectivity index (χ0v) is 9.33. The Kier molecular flexibility index (Phi) is 10.0. The highest BCUT2D eigenvalue weighted by Gasteiger charge is 2.24. The van der Waals surface area contributed by atoms with E-state index < -0.39 is 0 Å². The Balaban J connectivity index is 0. The molecule has 0 amide bonds. The van der Waals surface area contributed by atoms with Gasteiger partial charge in [0.05, 0.1) is 0 Å². The minimum absolute atomic E-state index is 0.722. The first-order valence-electron chi connectivity index (χ1n) is 5.12. The molecule has 70 valence electrons. The van der Waals surface area contributed by atoms with Gasteiger partial charge < -0.3 is 0 Å². The zero-order valence-electron chi connectivity index (χ0n) is 9.33. The summed E-state index contributed by atoms with van der Waals surface area (Å²) in [6.45, 7) is 12.9. The fourth-order valence-electron chi connectivity index (χ4n) is 0.884. The molecule has 0 unspecified atom stereocenters. The first-order chi connectivity index (χ1) is 5.12. The zero-order chi connectivity index (χ0) is 9.33. The molecule has 0 aliphatic heterocycles. The van der Waals surface area contributed by atoms with Gasteiger partial charge in [0.15, 0.2) is 0 Å². The summed E-state index contributed by atoms with van der Waals surface area (Å²) in [6, 6.07) is 0. The first kappa shape index (κ1) is 13.6. The molecule has 11 heavy (non-hydrogen) atoms. The average molecular weight is 158 g/mol. The van der Waals surface area contributed by atoms with Gasteiger partial charge >= 0.3 is 0 Å². The van der Waals surface area contributed by atoms with Crippen molar-refractivity contribution in [2.45, 2.75) is 67.2 Å². The lowest BCUT2D eigenvalue weighted by atomic mass is 9.72. The van der Waals surface area contributed by atoms with Gasteiger partial charge in [-0.1, -0.05) is 54.4 Å². The average Bonchev–Trinajstić information content (AvgIpc) is 1.91. The lowest BCUT2D eigenvalue weighted by Gasteiger charge is -2.33. The van der Waals surface area contributed by atoms with E-state index >= 15 is 0 Å². The van der Waals surface area contributed by atoms with Gasteiger partial charge in [0.2, 0.25) is 0 Å². The van der Waals surface area contributed by atoms with Crippen LogP contribution in [0.4, 0.5) is 0 Å². The summed E-state index contributed by atoms with van der Waals surface area (Å²) in [5, 5.41) is 0. The molecule has 0 radical (unpaired) electrons. The van der Waals surface area contributed by atoms with Crippen LogP contribution in [0.1, 0.15) is 67.2 Å². The van der Waals surface area contributed by atoms with Gasteiger partial charge in [-0.05, 0) is 18.3 Å². The highest BCUT2D eigenvalue weighted by atomic mass is 14.3. The molecule has 0 heteroatoms. The number of hydrogen-bond donors (Lipinski definition) is 0. The highest BCUT2D eigenvalue weighted by Crippen LogP contribution is 2.38. The van der Waals surface area contributed by atoms with Crippen molar-refractivity contribution < 1.29 is 0 Å². The van der Waals surface area contributed by atoms with E-state index in [1.54, 1.807) is 0 Å². The van der Waals surface area contributed by atoms with Crippen molar-refractivity contribution in [2.75, 3.05) is 0 Å². The summed E-state index contributed by atoms with van der Waals surface area (Å²) in [5.41, 5.74) is 0.722. The standard InChI is InChI=1S/C6H12.C3H8.C2H6/c1-6(2)4-3-5-6;1-3-2;1-2/h3-5H2,1-2H3;3H2,1-2H3;1-2H3. The van der Waals surface area contributed by atoms with Crippen molar-refractivity contribution in [1.29, 1.82) is 0 Å². The second kappa shape index (κ2) is 8.10. The number of rotatable bonds is 0. The van der Waals surface area contributed by atoms with Gasteiger partial charge in [-0.3, -0.25) is 0 Å². The SMILES string of the molecule is CC.CC1(C)CCC1.CCC. The van der Waals surface area contributed by atoms with Crippen molar-refractivity contribution >= 4 is 0 Å². The van der Waals surface area contributed by atoms with E-state index in [-0.39, 0.29) is 0 Å². The maximum Gasteiger partial charge on any atom is -0.0354 e. The first-order valence-corrected chi connectivity index (χ1v) is 5.12. The largest absolute Gasteiger partial charge is 0.0683 e. The maximum atomic E-state index is 2.33. The van der Waals surface area contributed by atoms with Gasteiger partial charge in [0, 0.05) is 0 Å². The van der Waals surface area contributed by atoms with Gasteiger partial charge in [0.25, 0.3) is 0 Å². The summed E-state index contributed by atoms with van der Waals surface area (Å²) < 4.78 is 0. The van der Waals surface area contributed by atoms with E-state index in [0.29, 0.717) is 0 Å². The molecule has 1 saturated carbocycles. The third kappa shape index (κ3) is 10.0. The molecule has 0 spiro atoms. The van der Waals surface area contributed by atoms with E-state index in [4.69, 9.17) is 0 Å². The van der Waals surface area contributed by atoms with Crippen LogP contribution in [0.3, 0.4) is 0 Å². The van der Waals surface area contributed by atoms with Crippen LogP contribution < -0.4 is 0 Å². The van der Waals surface area contributed by atoms with Crippen molar-refractivity contribution in [3.8, 4) is 0 Å². The summed E-state index contributed by atoms with van der Waals surface area (Å²) in [4.78, 5) is 0. The molecule has 1 aliphatic carbocycles. The van der Waals surface area contributed by atoms with Gasteiger partial charge in [-0.2, -0.15) is 0 Å². The monoisotopic (exact) mass is 158 g/mol. The second-order valence-electron chi connectivity index (χ2n) is 3.72. The smallest absolute Gasteiger partial charge is 0.0354 e. The van der Waals surface area contributed by atoms with Gasteiger partial charge in [-0.15, -0.1) is 0 Å². The Bertz CT molecular complexity index is 56.4. The summed E-state index contributed by atoms with van der Waals surface area (Å²) in [6.07, 6.45) is 5.62. The molecule has 0 atom stereocenters. The van der Waals surface area contributed by atoms with Crippen LogP contribution in [0.5, 0.6) is 0 Å². The van der Waals surface area contributed by atoms with Crippen LogP contribution in [0.15, 0.2) is 0 Å². The fraction of sp³-hybridized carbons (Fsp3) is 1.00. The Morgan fingerprint density at radius 1 is 1.00 bits per heavy atom. The molecule has 0 aromatic rings. The Hall–Kier alpha value is 0. The van der Waals surface area contributed by atoms with Crippen LogP contribution in [-0.4, -0.2) is 0 Å². The molecule has 0 aromatic heterocycles. The summed E-state index contributed by atoms with van der Waals surface area (Å²) in [7, 11) is 0. The molecule has 0 N–H and O–H groups in total. The predicted octanol–water partition coefficient (Wildman–Crippen LogP) is 4.64. The Labute approximate surface area is 73.4 Å². The Morgan fingerprint density at radius 3 is 1.18 bits per heavy atom. The molecule has 1 aliphatic rings. The van der Waals surface area contributed by atoms with Crippen LogP contribution in [0, 0.1) is 5.41 Å². The van der Waals surface area contributed by atoms with Crippen molar-refractivity contribution in [1.82, 2.24) is 0 Å². The van der Waals surface area contributed by atoms with Crippen molar-refractivity contribution in [2.24, 2.45) is 5.41 Å². The summed E-state index contributed by atoms with van der Waals surface area (Å²) >= 11 is 0. The third-order valence-corrected chi connectivity index (χ3v) is 1.71. The van der Waals surface area contributed by atoms with E-state index in [1.807, 2.05) is 13.8 Å². The highest BCUT2D eigenvalue weighted by molar-refractivity contribution is 4.77. The molecule has 1 rings (SSSR count). The molecule has 0 saturated heterocycles. The van der Waals surface area contributed by atoms with Gasteiger partial charge in [-0.25, -0.2) is 0 Å². The van der Waals surface area contributed by atoms with Gasteiger partial charge in [0.1, 0.15) is 0 Å². The quantitative estimate of drug-likeness (QED) is 0.482. The molecule has 0 aromatic carbocycles. The lowest BCUT2D eigenvalue weighted by Crippen LogP contribution is -2.20. The molecule has 1 fully saturated rings. The normalized spacial score (nSPS) is 18.0. The van der Waals surface area contributed by atoms with E-state index in [1.165, 1.54) is 25.7 Å².